The highest BCUT2D eigenvalue weighted by Crippen LogP contribution is 2.55. The number of hydrogen-bond acceptors (Lipinski definition) is 1. The quantitative estimate of drug-likeness (QED) is 0.0936. The Morgan fingerprint density at radius 3 is 2.06 bits per heavy atom. The van der Waals surface area contributed by atoms with Gasteiger partial charge in [0.15, 0.2) is 5.84 Å². The van der Waals surface area contributed by atoms with E-state index in [4.69, 9.17) is 10.4 Å². The summed E-state index contributed by atoms with van der Waals surface area (Å²) >= 11 is 0. The lowest BCUT2D eigenvalue weighted by atomic mass is 9.92. The van der Waals surface area contributed by atoms with Crippen LogP contribution in [0.5, 0.6) is 0 Å². The Morgan fingerprint density at radius 2 is 1.26 bits per heavy atom. The van der Waals surface area contributed by atoms with Gasteiger partial charge in [-0.2, -0.15) is 0 Å². The summed E-state index contributed by atoms with van der Waals surface area (Å²) in [6.45, 7) is 2.00. The topological polar surface area (TPSA) is 41.1 Å². The maximum Gasteiger partial charge on any atom is 0.152 e. The molecule has 0 radical (unpaired) electrons. The largest absolute Gasteiger partial charge is 0.309 e. The lowest BCUT2D eigenvalue weighted by molar-refractivity contribution is 1.04. The van der Waals surface area contributed by atoms with Crippen molar-refractivity contribution < 1.29 is 0 Å². The van der Waals surface area contributed by atoms with Crippen LogP contribution in [0.15, 0.2) is 181 Å². The highest BCUT2D eigenvalue weighted by molar-refractivity contribution is 6.39. The van der Waals surface area contributed by atoms with Crippen LogP contribution < -0.4 is 0 Å². The Bertz CT molecular complexity index is 3030. The molecule has 0 saturated carbocycles. The molecule has 0 saturated heterocycles. The first-order valence-electron chi connectivity index (χ1n) is 18.7. The van der Waals surface area contributed by atoms with E-state index in [1.54, 1.807) is 0 Å². The Balaban J connectivity index is 1.15. The van der Waals surface area contributed by atoms with Crippen LogP contribution in [0.25, 0.3) is 82.1 Å². The maximum absolute atomic E-state index is 9.04. The third-order valence-electron chi connectivity index (χ3n) is 11.0. The predicted molar refractivity (Wildman–Crippen MR) is 231 cm³/mol. The highest BCUT2D eigenvalue weighted by atomic mass is 15.0. The van der Waals surface area contributed by atoms with Gasteiger partial charge in [-0.25, -0.2) is 4.99 Å². The maximum atomic E-state index is 9.04. The molecule has 54 heavy (non-hydrogen) atoms. The summed E-state index contributed by atoms with van der Waals surface area (Å²) in [5.74, 6) is 0.265. The van der Waals surface area contributed by atoms with Crippen molar-refractivity contribution in [3.05, 3.63) is 187 Å². The van der Waals surface area contributed by atoms with Gasteiger partial charge in [-0.1, -0.05) is 133 Å². The highest BCUT2D eigenvalue weighted by Gasteiger charge is 2.29. The Morgan fingerprint density at radius 1 is 0.574 bits per heavy atom. The van der Waals surface area contributed by atoms with Crippen molar-refractivity contribution in [2.75, 3.05) is 0 Å². The summed E-state index contributed by atoms with van der Waals surface area (Å²) in [7, 11) is 0. The number of allylic oxidation sites excluding steroid dienone is 4. The fourth-order valence-corrected chi connectivity index (χ4v) is 8.66. The number of aliphatic imine (C=N–C) groups is 1. The van der Waals surface area contributed by atoms with Gasteiger partial charge < -0.3 is 4.57 Å². The van der Waals surface area contributed by atoms with E-state index in [0.717, 1.165) is 29.8 Å². The van der Waals surface area contributed by atoms with E-state index < -0.39 is 0 Å². The second-order valence-electron chi connectivity index (χ2n) is 14.1. The molecule has 2 aliphatic rings. The third kappa shape index (κ3) is 5.04. The van der Waals surface area contributed by atoms with Crippen LogP contribution in [0.1, 0.15) is 24.5 Å². The number of fused-ring (bicyclic) bond motifs is 3. The molecule has 0 bridgehead atoms. The van der Waals surface area contributed by atoms with Gasteiger partial charge in [-0.15, -0.1) is 0 Å². The van der Waals surface area contributed by atoms with Crippen molar-refractivity contribution in [2.45, 2.75) is 19.8 Å². The fraction of sp³-hybridized carbons (Fsp3) is 0.0588. The Hall–Kier alpha value is -6.84. The minimum Gasteiger partial charge on any atom is -0.309 e. The number of nitrogens with zero attached hydrogens (tertiary/aromatic N) is 2. The molecule has 3 nitrogen and oxygen atoms in total. The van der Waals surface area contributed by atoms with Crippen molar-refractivity contribution in [1.29, 1.82) is 5.41 Å². The van der Waals surface area contributed by atoms with Gasteiger partial charge in [-0.05, 0) is 117 Å². The van der Waals surface area contributed by atoms with E-state index in [1.807, 2.05) is 49.4 Å². The van der Waals surface area contributed by atoms with E-state index in [2.05, 4.69) is 138 Å². The smallest absolute Gasteiger partial charge is 0.152 e. The van der Waals surface area contributed by atoms with Crippen molar-refractivity contribution in [1.82, 2.24) is 4.57 Å². The van der Waals surface area contributed by atoms with E-state index in [-0.39, 0.29) is 5.84 Å². The zero-order valence-corrected chi connectivity index (χ0v) is 30.1. The first-order valence-corrected chi connectivity index (χ1v) is 18.7. The molecule has 1 aromatic heterocycles. The number of aryl methyl sites for hydroxylation is 1. The minimum absolute atomic E-state index is 0.265. The molecule has 0 unspecified atom stereocenters. The number of amidine groups is 1. The third-order valence-corrected chi connectivity index (χ3v) is 11.0. The molecule has 3 heteroatoms. The standard InChI is InChI=1S/C51H37N3/c1-2-3-6-19-37(27-23-33-14-7-4-8-15-33)53-51(52)36-24-28-38(29-25-36)54-43-31-26-35-18-13-22-42-45(34-16-9-5-10-17-34)47-40-21-12-11-20-39(40)41-30-32-44(54)50(48(41)47)49(43)46(35)42/h2-22,24-26,28-32,52H,23,27H2,1H3/b3-2-,19-6+,52-51?,53-37-. The minimum atomic E-state index is 0.265. The van der Waals surface area contributed by atoms with Crippen molar-refractivity contribution >= 4 is 65.7 Å². The number of benzene rings is 7. The van der Waals surface area contributed by atoms with Crippen molar-refractivity contribution in [3.63, 3.8) is 0 Å². The average Bonchev–Trinajstić information content (AvgIpc) is 3.69. The Kier molecular flexibility index (Phi) is 7.66. The van der Waals surface area contributed by atoms with Gasteiger partial charge in [0.2, 0.25) is 0 Å². The zero-order valence-electron chi connectivity index (χ0n) is 30.1. The molecule has 7 aromatic carbocycles. The lowest BCUT2D eigenvalue weighted by Crippen LogP contribution is -2.04. The second-order valence-corrected chi connectivity index (χ2v) is 14.1. The molecule has 0 amide bonds. The van der Waals surface area contributed by atoms with Gasteiger partial charge in [0, 0.05) is 33.3 Å². The molecule has 1 heterocycles. The summed E-state index contributed by atoms with van der Waals surface area (Å²) in [5, 5.41) is 19.3. The van der Waals surface area contributed by atoms with Crippen LogP contribution in [0.3, 0.4) is 0 Å². The number of nitrogens with one attached hydrogen (secondary N) is 1. The van der Waals surface area contributed by atoms with Crippen LogP contribution in [-0.2, 0) is 6.42 Å². The molecular weight excluding hydrogens is 655 g/mol. The van der Waals surface area contributed by atoms with Crippen molar-refractivity contribution in [2.24, 2.45) is 4.99 Å². The van der Waals surface area contributed by atoms with Crippen LogP contribution in [-0.4, -0.2) is 16.1 Å². The molecule has 0 atom stereocenters. The van der Waals surface area contributed by atoms with Gasteiger partial charge in [0.1, 0.15) is 0 Å². The van der Waals surface area contributed by atoms with Crippen LogP contribution in [0, 0.1) is 5.41 Å². The van der Waals surface area contributed by atoms with E-state index in [9.17, 15) is 0 Å². The summed E-state index contributed by atoms with van der Waals surface area (Å²) in [4.78, 5) is 4.83. The predicted octanol–water partition coefficient (Wildman–Crippen LogP) is 13.4. The molecule has 1 N–H and O–H groups in total. The monoisotopic (exact) mass is 691 g/mol. The van der Waals surface area contributed by atoms with Crippen LogP contribution in [0.2, 0.25) is 0 Å². The summed E-state index contributed by atoms with van der Waals surface area (Å²) < 4.78 is 2.41. The molecule has 0 fully saturated rings. The summed E-state index contributed by atoms with van der Waals surface area (Å²) in [5.41, 5.74) is 11.5. The summed E-state index contributed by atoms with van der Waals surface area (Å²) in [6.07, 6.45) is 9.66. The molecule has 8 aromatic rings. The van der Waals surface area contributed by atoms with E-state index in [1.165, 1.54) is 81.9 Å². The van der Waals surface area contributed by atoms with Crippen LogP contribution >= 0.6 is 0 Å². The molecule has 256 valence electrons. The molecule has 0 spiro atoms. The number of aromatic nitrogens is 1. The number of rotatable bonds is 8. The van der Waals surface area contributed by atoms with Gasteiger partial charge in [0.25, 0.3) is 0 Å². The first-order chi connectivity index (χ1) is 26.7. The average molecular weight is 692 g/mol. The molecule has 0 aliphatic heterocycles. The molecule has 10 rings (SSSR count). The van der Waals surface area contributed by atoms with Crippen molar-refractivity contribution in [3.8, 4) is 27.9 Å². The fourth-order valence-electron chi connectivity index (χ4n) is 8.66. The van der Waals surface area contributed by atoms with E-state index in [0.29, 0.717) is 0 Å². The summed E-state index contributed by atoms with van der Waals surface area (Å²) in [6, 6.07) is 54.6. The SMILES string of the molecule is C\C=C/C=C/C(CCc1ccccc1)=N/C(=N)c1ccc(-n2c3ccc4c5c3c3c6c(cccc6c(-c6ccccc6)c-5c5ccccc54)ccc32)cc1. The zero-order chi connectivity index (χ0) is 36.2. The normalized spacial score (nSPS) is 12.7. The van der Waals surface area contributed by atoms with E-state index >= 15 is 0 Å². The van der Waals surface area contributed by atoms with Gasteiger partial charge >= 0.3 is 0 Å². The second kappa shape index (κ2) is 13.0. The molecular formula is C51H37N3. The van der Waals surface area contributed by atoms with Gasteiger partial charge in [0.05, 0.1) is 11.0 Å². The number of hydrogen-bond donors (Lipinski definition) is 1. The Labute approximate surface area is 314 Å². The lowest BCUT2D eigenvalue weighted by Gasteiger charge is -2.13. The first kappa shape index (κ1) is 31.9. The molecule has 2 aliphatic carbocycles. The van der Waals surface area contributed by atoms with Crippen LogP contribution in [0.4, 0.5) is 0 Å². The van der Waals surface area contributed by atoms with Gasteiger partial charge in [-0.3, -0.25) is 5.41 Å².